The molecule has 3 heterocycles. The number of nitrogens with one attached hydrogen (secondary N) is 1. The lowest BCUT2D eigenvalue weighted by Gasteiger charge is -2.52. The fourth-order valence-electron chi connectivity index (χ4n) is 5.11. The summed E-state index contributed by atoms with van der Waals surface area (Å²) in [5.74, 6) is -1.30. The van der Waals surface area contributed by atoms with Crippen molar-refractivity contribution in [2.45, 2.75) is 31.4 Å². The number of halogens is 1. The normalized spacial score (nSPS) is 23.7. The van der Waals surface area contributed by atoms with E-state index in [2.05, 4.69) is 10.3 Å². The average molecular weight is 465 g/mol. The Morgan fingerprint density at radius 1 is 1.30 bits per heavy atom. The van der Waals surface area contributed by atoms with Crippen LogP contribution in [-0.4, -0.2) is 40.5 Å². The number of primary amides is 1. The molecule has 2 bridgehead atoms. The molecule has 0 aliphatic carbocycles. The molecule has 0 radical (unpaired) electrons. The summed E-state index contributed by atoms with van der Waals surface area (Å²) in [4.78, 5) is 31.7. The van der Waals surface area contributed by atoms with E-state index in [1.807, 2.05) is 55.5 Å². The summed E-state index contributed by atoms with van der Waals surface area (Å²) in [6.45, 7) is 2.98. The van der Waals surface area contributed by atoms with Crippen molar-refractivity contribution in [2.75, 3.05) is 18.4 Å². The number of carbonyl (C=O) groups excluding carboxylic acids is 2. The lowest BCUT2D eigenvalue weighted by atomic mass is 9.73. The van der Waals surface area contributed by atoms with Crippen molar-refractivity contribution < 1.29 is 14.3 Å². The van der Waals surface area contributed by atoms with E-state index < -0.39 is 17.6 Å². The number of likely N-dealkylation sites (tertiary alicyclic amines) is 1. The Hall–Kier alpha value is -3.32. The lowest BCUT2D eigenvalue weighted by molar-refractivity contribution is -0.175. The highest BCUT2D eigenvalue weighted by Crippen LogP contribution is 2.49. The molecule has 1 aromatic heterocycles. The van der Waals surface area contributed by atoms with E-state index >= 15 is 0 Å². The Morgan fingerprint density at radius 3 is 2.94 bits per heavy atom. The number of nitrogens with two attached hydrogens (primary N) is 1. The van der Waals surface area contributed by atoms with Crippen LogP contribution in [0.25, 0.3) is 10.9 Å². The van der Waals surface area contributed by atoms with E-state index in [4.69, 9.17) is 22.1 Å². The summed E-state index contributed by atoms with van der Waals surface area (Å²) in [6.07, 6.45) is 2.94. The van der Waals surface area contributed by atoms with Crippen LogP contribution in [0.1, 0.15) is 31.2 Å². The van der Waals surface area contributed by atoms with Crippen LogP contribution >= 0.6 is 11.6 Å². The second-order valence-corrected chi connectivity index (χ2v) is 9.23. The maximum atomic E-state index is 13.4. The molecule has 2 amide bonds. The van der Waals surface area contributed by atoms with E-state index in [1.54, 1.807) is 11.1 Å². The number of hydrogen-bond donors (Lipinski definition) is 2. The van der Waals surface area contributed by atoms with E-state index in [9.17, 15) is 9.59 Å². The summed E-state index contributed by atoms with van der Waals surface area (Å²) < 4.78 is 6.30. The molecule has 33 heavy (non-hydrogen) atoms. The highest BCUT2D eigenvalue weighted by molar-refractivity contribution is 6.31. The van der Waals surface area contributed by atoms with Gasteiger partial charge in [0.25, 0.3) is 0 Å². The summed E-state index contributed by atoms with van der Waals surface area (Å²) in [7, 11) is 0. The maximum Gasteiger partial charge on any atom is 0.238 e. The molecule has 1 saturated heterocycles. The van der Waals surface area contributed by atoms with Gasteiger partial charge in [0, 0.05) is 47.7 Å². The monoisotopic (exact) mass is 464 g/mol. The minimum atomic E-state index is -0.884. The van der Waals surface area contributed by atoms with Gasteiger partial charge in [0.15, 0.2) is 5.72 Å². The van der Waals surface area contributed by atoms with Gasteiger partial charge in [0.1, 0.15) is 11.7 Å². The van der Waals surface area contributed by atoms with Crippen LogP contribution in [0, 0.1) is 5.92 Å². The highest BCUT2D eigenvalue weighted by atomic mass is 35.5. The molecular formula is C25H25ClN4O3. The fourth-order valence-corrected chi connectivity index (χ4v) is 5.28. The predicted octanol–water partition coefficient (Wildman–Crippen LogP) is 3.92. The van der Waals surface area contributed by atoms with Crippen molar-refractivity contribution in [3.8, 4) is 5.75 Å². The summed E-state index contributed by atoms with van der Waals surface area (Å²) in [5.41, 5.74) is 7.52. The van der Waals surface area contributed by atoms with Gasteiger partial charge in [-0.2, -0.15) is 0 Å². The molecule has 5 rings (SSSR count). The van der Waals surface area contributed by atoms with E-state index in [1.165, 1.54) is 0 Å². The zero-order chi connectivity index (χ0) is 23.2. The van der Waals surface area contributed by atoms with Gasteiger partial charge < -0.3 is 20.7 Å². The van der Waals surface area contributed by atoms with Crippen LogP contribution in [0.4, 0.5) is 5.69 Å². The van der Waals surface area contributed by atoms with Gasteiger partial charge in [-0.3, -0.25) is 14.6 Å². The predicted molar refractivity (Wildman–Crippen MR) is 127 cm³/mol. The number of benzene rings is 2. The largest absolute Gasteiger partial charge is 0.468 e. The number of para-hydroxylation sites is 1. The number of nitrogens with zero attached hydrogens (tertiary/aromatic N) is 2. The molecule has 2 aliphatic rings. The van der Waals surface area contributed by atoms with Crippen molar-refractivity contribution in [2.24, 2.45) is 11.7 Å². The molecule has 0 spiro atoms. The van der Waals surface area contributed by atoms with Crippen LogP contribution in [-0.2, 0) is 9.59 Å². The smallest absolute Gasteiger partial charge is 0.238 e. The molecule has 3 atom stereocenters. The molecule has 3 aromatic rings. The first kappa shape index (κ1) is 21.5. The Labute approximate surface area is 196 Å². The van der Waals surface area contributed by atoms with Gasteiger partial charge in [-0.25, -0.2) is 0 Å². The Morgan fingerprint density at radius 2 is 2.12 bits per heavy atom. The first-order valence-electron chi connectivity index (χ1n) is 11.0. The Balaban J connectivity index is 1.33. The number of pyridine rings is 1. The van der Waals surface area contributed by atoms with Crippen LogP contribution in [0.5, 0.6) is 5.75 Å². The van der Waals surface area contributed by atoms with Gasteiger partial charge >= 0.3 is 0 Å². The molecule has 7 nitrogen and oxygen atoms in total. The molecule has 0 saturated carbocycles. The molecule has 170 valence electrons. The fraction of sp³-hybridized carbons (Fsp3) is 0.320. The molecule has 2 aliphatic heterocycles. The second kappa shape index (κ2) is 8.23. The van der Waals surface area contributed by atoms with Crippen LogP contribution in [0.15, 0.2) is 54.7 Å². The first-order chi connectivity index (χ1) is 15.9. The van der Waals surface area contributed by atoms with Crippen molar-refractivity contribution in [1.82, 2.24) is 9.88 Å². The molecule has 3 N–H and O–H groups in total. The number of anilines is 1. The number of amides is 2. The third-order valence-corrected chi connectivity index (χ3v) is 6.87. The second-order valence-electron chi connectivity index (χ2n) is 8.80. The molecule has 3 unspecified atom stereocenters. The molecule has 2 aromatic carbocycles. The maximum absolute atomic E-state index is 13.4. The Kier molecular flexibility index (Phi) is 5.37. The number of ether oxygens (including phenoxy) is 1. The van der Waals surface area contributed by atoms with E-state index in [-0.39, 0.29) is 11.8 Å². The zero-order valence-electron chi connectivity index (χ0n) is 18.3. The zero-order valence-corrected chi connectivity index (χ0v) is 19.0. The highest BCUT2D eigenvalue weighted by Gasteiger charge is 2.55. The number of carbonyl (C=O) groups is 2. The van der Waals surface area contributed by atoms with Crippen LogP contribution in [0.3, 0.4) is 0 Å². The van der Waals surface area contributed by atoms with E-state index in [0.717, 1.165) is 22.2 Å². The first-order valence-corrected chi connectivity index (χ1v) is 11.4. The van der Waals surface area contributed by atoms with Gasteiger partial charge in [0.05, 0.1) is 5.52 Å². The van der Waals surface area contributed by atoms with Crippen molar-refractivity contribution in [3.05, 3.63) is 65.3 Å². The van der Waals surface area contributed by atoms with Crippen LogP contribution in [0.2, 0.25) is 5.02 Å². The standard InChI is InChI=1S/C25H25ClN4O3/c1-25-14-18(16-5-2-3-6-21(16)33-25)22(23(27)31)24(32)30(25)12-4-10-28-19-9-11-29-20-13-15(26)7-8-17(19)20/h2-3,5-9,11,13,18,22H,4,10,12,14H2,1H3,(H2,27,31)(H,28,29). The quantitative estimate of drug-likeness (QED) is 0.425. The third-order valence-electron chi connectivity index (χ3n) is 6.64. The van der Waals surface area contributed by atoms with Crippen molar-refractivity contribution >= 4 is 40.0 Å². The third kappa shape index (κ3) is 3.76. The number of piperidine rings is 1. The Bertz CT molecular complexity index is 1250. The SMILES string of the molecule is CC12CC(c3ccccc3O1)C(C(N)=O)C(=O)N2CCCNc1ccnc2cc(Cl)ccc12. The lowest BCUT2D eigenvalue weighted by Crippen LogP contribution is -2.64. The van der Waals surface area contributed by atoms with E-state index in [0.29, 0.717) is 36.7 Å². The minimum Gasteiger partial charge on any atom is -0.468 e. The van der Waals surface area contributed by atoms with Crippen LogP contribution < -0.4 is 15.8 Å². The number of rotatable bonds is 6. The summed E-state index contributed by atoms with van der Waals surface area (Å²) in [6, 6.07) is 15.1. The minimum absolute atomic E-state index is 0.264. The van der Waals surface area contributed by atoms with Crippen molar-refractivity contribution in [3.63, 3.8) is 0 Å². The number of aromatic nitrogens is 1. The van der Waals surface area contributed by atoms with Gasteiger partial charge in [-0.05, 0) is 49.2 Å². The summed E-state index contributed by atoms with van der Waals surface area (Å²) >= 11 is 6.08. The van der Waals surface area contributed by atoms with Gasteiger partial charge in [-0.1, -0.05) is 29.8 Å². The molecule has 1 fully saturated rings. The molecular weight excluding hydrogens is 440 g/mol. The van der Waals surface area contributed by atoms with Gasteiger partial charge in [-0.15, -0.1) is 0 Å². The van der Waals surface area contributed by atoms with Gasteiger partial charge in [0.2, 0.25) is 11.8 Å². The van der Waals surface area contributed by atoms with Crippen molar-refractivity contribution in [1.29, 1.82) is 0 Å². The number of hydrogen-bond acceptors (Lipinski definition) is 5. The average Bonchev–Trinajstić information content (AvgIpc) is 2.77. The molecule has 8 heteroatoms. The topological polar surface area (TPSA) is 97.5 Å². The summed E-state index contributed by atoms with van der Waals surface area (Å²) in [5, 5.41) is 5.04. The number of fused-ring (bicyclic) bond motifs is 5.